The molecule has 1 aromatic heterocycles. The van der Waals surface area contributed by atoms with Crippen LogP contribution in [0.1, 0.15) is 5.56 Å². The molecular weight excluding hydrogens is 338 g/mol. The molecule has 0 unspecified atom stereocenters. The summed E-state index contributed by atoms with van der Waals surface area (Å²) in [6, 6.07) is 23.9. The number of fused-ring (bicyclic) bond motifs is 1. The van der Waals surface area contributed by atoms with Crippen LogP contribution in [0.25, 0.3) is 20.8 Å². The van der Waals surface area contributed by atoms with E-state index in [0.717, 1.165) is 32.4 Å². The molecule has 118 valence electrons. The Kier molecular flexibility index (Phi) is 4.20. The van der Waals surface area contributed by atoms with E-state index in [4.69, 9.17) is 16.3 Å². The maximum atomic E-state index is 5.99. The third kappa shape index (κ3) is 3.28. The monoisotopic (exact) mass is 351 g/mol. The average molecular weight is 352 g/mol. The van der Waals surface area contributed by atoms with Gasteiger partial charge in [-0.05, 0) is 54.1 Å². The first-order valence-corrected chi connectivity index (χ1v) is 8.81. The van der Waals surface area contributed by atoms with Crippen LogP contribution in [0, 0.1) is 0 Å². The van der Waals surface area contributed by atoms with Crippen molar-refractivity contribution in [1.29, 1.82) is 0 Å². The molecule has 0 saturated heterocycles. The van der Waals surface area contributed by atoms with E-state index < -0.39 is 0 Å². The fourth-order valence-electron chi connectivity index (χ4n) is 2.48. The number of rotatable bonds is 4. The summed E-state index contributed by atoms with van der Waals surface area (Å²) in [6.45, 7) is 0.501. The lowest BCUT2D eigenvalue weighted by Gasteiger charge is -2.07. The standard InChI is InChI=1S/C20H14ClNOS/c21-16-5-3-4-14(12-16)13-23-17-10-8-15(9-11-17)20-22-18-6-1-2-7-19(18)24-20/h1-12H,13H2. The Hall–Kier alpha value is -2.36. The third-order valence-corrected chi connectivity index (χ3v) is 5.01. The van der Waals surface area contributed by atoms with E-state index in [1.165, 1.54) is 4.70 Å². The van der Waals surface area contributed by atoms with Crippen LogP contribution in [0.15, 0.2) is 72.8 Å². The van der Waals surface area contributed by atoms with Crippen LogP contribution >= 0.6 is 22.9 Å². The predicted molar refractivity (Wildman–Crippen MR) is 101 cm³/mol. The van der Waals surface area contributed by atoms with E-state index in [1.807, 2.05) is 66.7 Å². The number of para-hydroxylation sites is 1. The molecule has 24 heavy (non-hydrogen) atoms. The quantitative estimate of drug-likeness (QED) is 0.437. The highest BCUT2D eigenvalue weighted by molar-refractivity contribution is 7.21. The summed E-state index contributed by atoms with van der Waals surface area (Å²) < 4.78 is 7.02. The number of nitrogens with zero attached hydrogens (tertiary/aromatic N) is 1. The predicted octanol–water partition coefficient (Wildman–Crippen LogP) is 6.20. The lowest BCUT2D eigenvalue weighted by atomic mass is 10.2. The molecular formula is C20H14ClNOS. The summed E-state index contributed by atoms with van der Waals surface area (Å²) in [6.07, 6.45) is 0. The highest BCUT2D eigenvalue weighted by Crippen LogP contribution is 2.31. The Morgan fingerprint density at radius 3 is 2.54 bits per heavy atom. The minimum atomic E-state index is 0.501. The number of thiazole rings is 1. The van der Waals surface area contributed by atoms with Gasteiger partial charge < -0.3 is 4.74 Å². The van der Waals surface area contributed by atoms with Crippen LogP contribution in [0.2, 0.25) is 5.02 Å². The second-order valence-corrected chi connectivity index (χ2v) is 6.90. The number of benzene rings is 3. The molecule has 1 heterocycles. The first kappa shape index (κ1) is 15.2. The lowest BCUT2D eigenvalue weighted by molar-refractivity contribution is 0.306. The molecule has 0 radical (unpaired) electrons. The molecule has 0 spiro atoms. The van der Waals surface area contributed by atoms with Crippen molar-refractivity contribution in [2.24, 2.45) is 0 Å². The molecule has 0 bridgehead atoms. The molecule has 4 heteroatoms. The molecule has 4 aromatic rings. The van der Waals surface area contributed by atoms with Gasteiger partial charge in [0.1, 0.15) is 17.4 Å². The Balaban J connectivity index is 1.50. The average Bonchev–Trinajstić information content (AvgIpc) is 3.05. The summed E-state index contributed by atoms with van der Waals surface area (Å²) in [5.74, 6) is 0.833. The molecule has 0 atom stereocenters. The van der Waals surface area contributed by atoms with Gasteiger partial charge >= 0.3 is 0 Å². The van der Waals surface area contributed by atoms with E-state index in [2.05, 4.69) is 11.1 Å². The maximum absolute atomic E-state index is 5.99. The molecule has 0 aliphatic carbocycles. The van der Waals surface area contributed by atoms with E-state index in [9.17, 15) is 0 Å². The number of ether oxygens (including phenoxy) is 1. The molecule has 2 nitrogen and oxygen atoms in total. The summed E-state index contributed by atoms with van der Waals surface area (Å²) in [4.78, 5) is 4.68. The highest BCUT2D eigenvalue weighted by Gasteiger charge is 2.06. The first-order valence-electron chi connectivity index (χ1n) is 7.61. The Morgan fingerprint density at radius 2 is 1.75 bits per heavy atom. The molecule has 0 amide bonds. The molecule has 0 N–H and O–H groups in total. The van der Waals surface area contributed by atoms with Gasteiger partial charge in [-0.1, -0.05) is 35.9 Å². The van der Waals surface area contributed by atoms with Crippen LogP contribution in [-0.2, 0) is 6.61 Å². The van der Waals surface area contributed by atoms with Gasteiger partial charge in [0.25, 0.3) is 0 Å². The molecule has 4 rings (SSSR count). The Morgan fingerprint density at radius 1 is 0.917 bits per heavy atom. The van der Waals surface area contributed by atoms with Gasteiger partial charge in [0, 0.05) is 10.6 Å². The molecule has 0 saturated carbocycles. The zero-order valence-electron chi connectivity index (χ0n) is 12.8. The molecule has 0 fully saturated rings. The van der Waals surface area contributed by atoms with Gasteiger partial charge in [-0.25, -0.2) is 4.98 Å². The number of hydrogen-bond acceptors (Lipinski definition) is 3. The summed E-state index contributed by atoms with van der Waals surface area (Å²) >= 11 is 7.69. The van der Waals surface area contributed by atoms with Crippen LogP contribution < -0.4 is 4.74 Å². The normalized spacial score (nSPS) is 10.9. The lowest BCUT2D eigenvalue weighted by Crippen LogP contribution is -1.95. The van der Waals surface area contributed by atoms with Crippen molar-refractivity contribution < 1.29 is 4.74 Å². The maximum Gasteiger partial charge on any atom is 0.124 e. The van der Waals surface area contributed by atoms with Gasteiger partial charge in [-0.2, -0.15) is 0 Å². The van der Waals surface area contributed by atoms with Crippen molar-refractivity contribution in [2.75, 3.05) is 0 Å². The van der Waals surface area contributed by atoms with Crippen molar-refractivity contribution in [3.8, 4) is 16.3 Å². The second-order valence-electron chi connectivity index (χ2n) is 5.43. The van der Waals surface area contributed by atoms with E-state index in [-0.39, 0.29) is 0 Å². The van der Waals surface area contributed by atoms with Gasteiger partial charge in [0.15, 0.2) is 0 Å². The van der Waals surface area contributed by atoms with Gasteiger partial charge in [-0.15, -0.1) is 11.3 Å². The number of halogens is 1. The van der Waals surface area contributed by atoms with Gasteiger partial charge in [-0.3, -0.25) is 0 Å². The van der Waals surface area contributed by atoms with Crippen molar-refractivity contribution >= 4 is 33.2 Å². The minimum Gasteiger partial charge on any atom is -0.489 e. The summed E-state index contributed by atoms with van der Waals surface area (Å²) in [7, 11) is 0. The highest BCUT2D eigenvalue weighted by atomic mass is 35.5. The smallest absolute Gasteiger partial charge is 0.124 e. The summed E-state index contributed by atoms with van der Waals surface area (Å²) in [5.41, 5.74) is 3.20. The number of hydrogen-bond donors (Lipinski definition) is 0. The van der Waals surface area contributed by atoms with E-state index in [0.29, 0.717) is 6.61 Å². The van der Waals surface area contributed by atoms with Gasteiger partial charge in [0.2, 0.25) is 0 Å². The van der Waals surface area contributed by atoms with E-state index >= 15 is 0 Å². The number of aromatic nitrogens is 1. The minimum absolute atomic E-state index is 0.501. The third-order valence-electron chi connectivity index (χ3n) is 3.69. The van der Waals surface area contributed by atoms with Crippen LogP contribution in [0.3, 0.4) is 0 Å². The van der Waals surface area contributed by atoms with Crippen molar-refractivity contribution in [2.45, 2.75) is 6.61 Å². The Labute approximate surface area is 149 Å². The van der Waals surface area contributed by atoms with Crippen molar-refractivity contribution in [1.82, 2.24) is 4.98 Å². The first-order chi connectivity index (χ1) is 11.8. The zero-order valence-corrected chi connectivity index (χ0v) is 14.3. The van der Waals surface area contributed by atoms with Crippen molar-refractivity contribution in [3.05, 3.63) is 83.4 Å². The van der Waals surface area contributed by atoms with E-state index in [1.54, 1.807) is 11.3 Å². The Bertz CT molecular complexity index is 945. The topological polar surface area (TPSA) is 22.1 Å². The molecule has 0 aliphatic heterocycles. The van der Waals surface area contributed by atoms with Crippen LogP contribution in [0.5, 0.6) is 5.75 Å². The van der Waals surface area contributed by atoms with Crippen LogP contribution in [0.4, 0.5) is 0 Å². The fourth-order valence-corrected chi connectivity index (χ4v) is 3.67. The van der Waals surface area contributed by atoms with Crippen molar-refractivity contribution in [3.63, 3.8) is 0 Å². The SMILES string of the molecule is Clc1cccc(COc2ccc(-c3nc4ccccc4s3)cc2)c1. The second kappa shape index (κ2) is 6.63. The zero-order chi connectivity index (χ0) is 16.4. The fraction of sp³-hybridized carbons (Fsp3) is 0.0500. The molecule has 3 aromatic carbocycles. The van der Waals surface area contributed by atoms with Gasteiger partial charge in [0.05, 0.1) is 10.2 Å². The summed E-state index contributed by atoms with van der Waals surface area (Å²) in [5, 5.41) is 1.75. The molecule has 0 aliphatic rings. The largest absolute Gasteiger partial charge is 0.489 e. The van der Waals surface area contributed by atoms with Crippen LogP contribution in [-0.4, -0.2) is 4.98 Å².